The summed E-state index contributed by atoms with van der Waals surface area (Å²) in [4.78, 5) is 14.5. The van der Waals surface area contributed by atoms with E-state index in [0.29, 0.717) is 24.1 Å². The van der Waals surface area contributed by atoms with Crippen LogP contribution in [0.1, 0.15) is 41.6 Å². The molecule has 0 bridgehead atoms. The molecule has 5 rings (SSSR count). The predicted octanol–water partition coefficient (Wildman–Crippen LogP) is 3.19. The van der Waals surface area contributed by atoms with E-state index in [2.05, 4.69) is 21.9 Å². The minimum Gasteiger partial charge on any atom is -0.492 e. The molecule has 170 valence electrons. The number of carboxylic acid groups (broad SMARTS) is 1. The number of nitrogens with zero attached hydrogens (tertiary/aromatic N) is 1. The maximum absolute atomic E-state index is 13.3. The van der Waals surface area contributed by atoms with Gasteiger partial charge in [0.2, 0.25) is 0 Å². The fourth-order valence-corrected chi connectivity index (χ4v) is 6.07. The molecule has 3 aliphatic rings. The van der Waals surface area contributed by atoms with Gasteiger partial charge in [0.05, 0.1) is 18.0 Å². The van der Waals surface area contributed by atoms with Crippen LogP contribution in [0.3, 0.4) is 0 Å². The number of benzene rings is 2. The van der Waals surface area contributed by atoms with Crippen LogP contribution in [-0.2, 0) is 10.0 Å². The van der Waals surface area contributed by atoms with E-state index in [1.165, 1.54) is 12.1 Å². The number of para-hydroxylation sites is 1. The summed E-state index contributed by atoms with van der Waals surface area (Å²) in [5.41, 5.74) is 1.25. The van der Waals surface area contributed by atoms with Gasteiger partial charge in [0, 0.05) is 25.0 Å². The van der Waals surface area contributed by atoms with E-state index < -0.39 is 16.0 Å². The van der Waals surface area contributed by atoms with Gasteiger partial charge in [0.1, 0.15) is 16.2 Å². The monoisotopic (exact) mass is 457 g/mol. The van der Waals surface area contributed by atoms with Crippen molar-refractivity contribution in [2.75, 3.05) is 36.3 Å². The molecule has 2 heterocycles. The number of hydrogen-bond acceptors (Lipinski definition) is 6. The predicted molar refractivity (Wildman–Crippen MR) is 121 cm³/mol. The number of rotatable bonds is 7. The zero-order chi connectivity index (χ0) is 22.5. The summed E-state index contributed by atoms with van der Waals surface area (Å²) in [5, 5.41) is 13.2. The summed E-state index contributed by atoms with van der Waals surface area (Å²) in [6, 6.07) is 10.2. The molecule has 1 saturated carbocycles. The van der Waals surface area contributed by atoms with Gasteiger partial charge in [0.15, 0.2) is 0 Å². The molecular formula is C23H27N3O5S. The number of hydrogen-bond donors (Lipinski definition) is 3. The Hall–Kier alpha value is -2.78. The van der Waals surface area contributed by atoms with E-state index in [9.17, 15) is 18.3 Å². The highest BCUT2D eigenvalue weighted by Gasteiger charge is 2.45. The number of aromatic carboxylic acids is 1. The molecule has 3 atom stereocenters. The van der Waals surface area contributed by atoms with Gasteiger partial charge in [-0.2, -0.15) is 0 Å². The second-order valence-corrected chi connectivity index (χ2v) is 10.4. The molecule has 2 aromatic carbocycles. The summed E-state index contributed by atoms with van der Waals surface area (Å²) in [6.45, 7) is 5.36. The molecule has 1 aliphatic carbocycles. The van der Waals surface area contributed by atoms with Gasteiger partial charge in [-0.3, -0.25) is 4.72 Å². The van der Waals surface area contributed by atoms with Crippen LogP contribution in [0.2, 0.25) is 0 Å². The van der Waals surface area contributed by atoms with Crippen molar-refractivity contribution in [3.63, 3.8) is 0 Å². The van der Waals surface area contributed by atoms with Crippen molar-refractivity contribution in [1.29, 1.82) is 0 Å². The molecule has 8 nitrogen and oxygen atoms in total. The van der Waals surface area contributed by atoms with Crippen LogP contribution in [0.15, 0.2) is 41.3 Å². The highest BCUT2D eigenvalue weighted by molar-refractivity contribution is 7.92. The van der Waals surface area contributed by atoms with E-state index in [1.54, 1.807) is 24.3 Å². The Balaban J connectivity index is 1.45. The number of anilines is 2. The van der Waals surface area contributed by atoms with Crippen molar-refractivity contribution < 1.29 is 23.1 Å². The maximum atomic E-state index is 13.3. The van der Waals surface area contributed by atoms with Crippen molar-refractivity contribution in [2.45, 2.75) is 36.6 Å². The molecule has 0 unspecified atom stereocenters. The first-order chi connectivity index (χ1) is 15.4. The van der Waals surface area contributed by atoms with Gasteiger partial charge in [0.25, 0.3) is 10.0 Å². The second-order valence-electron chi connectivity index (χ2n) is 8.75. The third-order valence-corrected chi connectivity index (χ3v) is 8.09. The minimum absolute atomic E-state index is 0.0168. The van der Waals surface area contributed by atoms with Crippen LogP contribution in [0.5, 0.6) is 5.75 Å². The molecule has 2 fully saturated rings. The average Bonchev–Trinajstić information content (AvgIpc) is 3.43. The number of likely N-dealkylation sites (tertiary alicyclic amines) is 1. The van der Waals surface area contributed by atoms with Crippen LogP contribution < -0.4 is 14.8 Å². The molecule has 0 radical (unpaired) electrons. The number of likely N-dealkylation sites (N-methyl/N-ethyl adjacent to an activating group) is 1. The number of sulfonamides is 1. The standard InChI is InChI=1S/C23H27N3O5S/c1-2-26-10-9-15(12-26)24-18-5-3-4-6-20(18)32(29,30)25-19-8-7-16-17-11-14(17)13-31-22(16)21(19)23(27)28/h3-8,14-15,17,24-25H,2,9-13H2,1H3,(H,27,28)/t14-,15+,17-/m1/s1. The highest BCUT2D eigenvalue weighted by atomic mass is 32.2. The van der Waals surface area contributed by atoms with E-state index in [4.69, 9.17) is 4.74 Å². The quantitative estimate of drug-likeness (QED) is 0.586. The summed E-state index contributed by atoms with van der Waals surface area (Å²) >= 11 is 0. The summed E-state index contributed by atoms with van der Waals surface area (Å²) in [5.74, 6) is -0.186. The van der Waals surface area contributed by atoms with Crippen LogP contribution >= 0.6 is 0 Å². The lowest BCUT2D eigenvalue weighted by molar-refractivity contribution is 0.0692. The Morgan fingerprint density at radius 2 is 2.03 bits per heavy atom. The van der Waals surface area contributed by atoms with E-state index in [0.717, 1.165) is 38.0 Å². The molecule has 0 spiro atoms. The first kappa shape index (κ1) is 21.1. The van der Waals surface area contributed by atoms with Crippen LogP contribution in [0, 0.1) is 5.92 Å². The Morgan fingerprint density at radius 3 is 2.78 bits per heavy atom. The molecule has 1 saturated heterocycles. The fourth-order valence-electron chi connectivity index (χ4n) is 4.82. The molecule has 0 aromatic heterocycles. The van der Waals surface area contributed by atoms with Crippen molar-refractivity contribution >= 4 is 27.4 Å². The number of nitrogens with one attached hydrogen (secondary N) is 2. The van der Waals surface area contributed by atoms with Crippen molar-refractivity contribution in [3.05, 3.63) is 47.5 Å². The average molecular weight is 458 g/mol. The Bertz CT molecular complexity index is 1170. The van der Waals surface area contributed by atoms with E-state index >= 15 is 0 Å². The first-order valence-corrected chi connectivity index (χ1v) is 12.5. The van der Waals surface area contributed by atoms with Crippen LogP contribution in [0.25, 0.3) is 0 Å². The number of carboxylic acids is 1. The normalized spacial score (nSPS) is 24.2. The molecular weight excluding hydrogens is 430 g/mol. The Kier molecular flexibility index (Phi) is 5.25. The van der Waals surface area contributed by atoms with Gasteiger partial charge in [-0.25, -0.2) is 13.2 Å². The molecule has 2 aliphatic heterocycles. The lowest BCUT2D eigenvalue weighted by atomic mass is 10.0. The number of carbonyl (C=O) groups is 1. The van der Waals surface area contributed by atoms with Gasteiger partial charge in [-0.05, 0) is 49.1 Å². The molecule has 2 aromatic rings. The summed E-state index contributed by atoms with van der Waals surface area (Å²) in [7, 11) is -4.04. The smallest absolute Gasteiger partial charge is 0.341 e. The molecule has 3 N–H and O–H groups in total. The van der Waals surface area contributed by atoms with Gasteiger partial charge < -0.3 is 20.1 Å². The first-order valence-electron chi connectivity index (χ1n) is 11.0. The lowest BCUT2D eigenvalue weighted by Crippen LogP contribution is -2.27. The van der Waals surface area contributed by atoms with Gasteiger partial charge in [-0.15, -0.1) is 0 Å². The van der Waals surface area contributed by atoms with Crippen molar-refractivity contribution in [3.8, 4) is 5.75 Å². The van der Waals surface area contributed by atoms with Crippen LogP contribution in [-0.4, -0.2) is 56.7 Å². The van der Waals surface area contributed by atoms with Crippen molar-refractivity contribution in [1.82, 2.24) is 4.90 Å². The van der Waals surface area contributed by atoms with Crippen molar-refractivity contribution in [2.24, 2.45) is 5.92 Å². The second kappa shape index (κ2) is 7.97. The van der Waals surface area contributed by atoms with Gasteiger partial charge >= 0.3 is 5.97 Å². The Morgan fingerprint density at radius 1 is 1.22 bits per heavy atom. The Labute approximate surface area is 187 Å². The molecule has 32 heavy (non-hydrogen) atoms. The zero-order valence-corrected chi connectivity index (χ0v) is 18.7. The highest BCUT2D eigenvalue weighted by Crippen LogP contribution is 2.55. The van der Waals surface area contributed by atoms with E-state index in [-0.39, 0.29) is 27.9 Å². The minimum atomic E-state index is -4.04. The molecule has 0 amide bonds. The van der Waals surface area contributed by atoms with Gasteiger partial charge in [-0.1, -0.05) is 25.1 Å². The summed E-state index contributed by atoms with van der Waals surface area (Å²) in [6.07, 6.45) is 1.91. The lowest BCUT2D eigenvalue weighted by Gasteiger charge is -2.22. The molecule has 9 heteroatoms. The SMILES string of the molecule is CCN1CC[C@H](Nc2ccccc2S(=O)(=O)Nc2ccc3c(c2C(=O)O)OC[C@H]2C[C@@H]32)C1. The number of fused-ring (bicyclic) bond motifs is 3. The maximum Gasteiger partial charge on any atom is 0.341 e. The zero-order valence-electron chi connectivity index (χ0n) is 17.9. The van der Waals surface area contributed by atoms with Crippen LogP contribution in [0.4, 0.5) is 11.4 Å². The fraction of sp³-hybridized carbons (Fsp3) is 0.435. The topological polar surface area (TPSA) is 108 Å². The largest absolute Gasteiger partial charge is 0.492 e. The number of ether oxygens (including phenoxy) is 1. The third-order valence-electron chi connectivity index (χ3n) is 6.67. The third kappa shape index (κ3) is 3.80. The summed E-state index contributed by atoms with van der Waals surface area (Å²) < 4.78 is 34.9. The van der Waals surface area contributed by atoms with E-state index in [1.807, 2.05) is 0 Å².